The second kappa shape index (κ2) is 9.24. The first-order chi connectivity index (χ1) is 14.4. The van der Waals surface area contributed by atoms with Gasteiger partial charge in [-0.15, -0.1) is 0 Å². The molecule has 0 bridgehead atoms. The van der Waals surface area contributed by atoms with Crippen LogP contribution in [0.1, 0.15) is 53.1 Å². The van der Waals surface area contributed by atoms with E-state index in [1.165, 1.54) is 0 Å². The fourth-order valence-corrected chi connectivity index (χ4v) is 4.17. The van der Waals surface area contributed by atoms with E-state index in [9.17, 15) is 9.59 Å². The molecule has 1 aromatic carbocycles. The first kappa shape index (κ1) is 21.7. The molecule has 7 nitrogen and oxygen atoms in total. The van der Waals surface area contributed by atoms with Crippen molar-refractivity contribution in [1.82, 2.24) is 9.47 Å². The Morgan fingerprint density at radius 1 is 1.13 bits per heavy atom. The second-order valence-corrected chi connectivity index (χ2v) is 7.44. The van der Waals surface area contributed by atoms with Crippen molar-refractivity contribution < 1.29 is 23.8 Å². The number of methoxy groups -OCH3 is 2. The average molecular weight is 415 g/mol. The zero-order chi connectivity index (χ0) is 21.8. The van der Waals surface area contributed by atoms with Gasteiger partial charge in [0.05, 0.1) is 32.4 Å². The molecule has 0 saturated carbocycles. The lowest BCUT2D eigenvalue weighted by Crippen LogP contribution is -2.34. The summed E-state index contributed by atoms with van der Waals surface area (Å²) >= 11 is 0. The fourth-order valence-electron chi connectivity index (χ4n) is 4.17. The number of rotatable bonds is 7. The van der Waals surface area contributed by atoms with Crippen LogP contribution in [0.15, 0.2) is 24.3 Å². The molecular weight excluding hydrogens is 384 g/mol. The largest absolute Gasteiger partial charge is 0.497 e. The van der Waals surface area contributed by atoms with E-state index in [1.54, 1.807) is 27.2 Å². The van der Waals surface area contributed by atoms with Crippen LogP contribution >= 0.6 is 0 Å². The highest BCUT2D eigenvalue weighted by Gasteiger charge is 2.32. The average Bonchev–Trinajstić information content (AvgIpc) is 3.34. The number of carbonyl (C=O) groups excluding carboxylic acids is 2. The molecule has 162 valence electrons. The lowest BCUT2D eigenvalue weighted by Gasteiger charge is -2.27. The molecule has 0 unspecified atom stereocenters. The van der Waals surface area contributed by atoms with Crippen molar-refractivity contribution in [1.29, 1.82) is 0 Å². The van der Waals surface area contributed by atoms with E-state index in [2.05, 4.69) is 0 Å². The molecule has 0 N–H and O–H groups in total. The Labute approximate surface area is 177 Å². The van der Waals surface area contributed by atoms with Gasteiger partial charge in [-0.25, -0.2) is 4.79 Å². The van der Waals surface area contributed by atoms with Crippen LogP contribution in [0.2, 0.25) is 0 Å². The predicted octanol–water partition coefficient (Wildman–Crippen LogP) is 3.66. The van der Waals surface area contributed by atoms with Gasteiger partial charge in [-0.2, -0.15) is 0 Å². The van der Waals surface area contributed by atoms with Crippen LogP contribution in [-0.4, -0.2) is 48.7 Å². The maximum Gasteiger partial charge on any atom is 0.339 e. The van der Waals surface area contributed by atoms with Gasteiger partial charge in [0.15, 0.2) is 0 Å². The Kier molecular flexibility index (Phi) is 6.70. The molecule has 0 radical (unpaired) electrons. The number of nitrogens with zero attached hydrogens (tertiary/aromatic N) is 2. The molecular formula is C23H30N2O5. The molecule has 1 aromatic heterocycles. The van der Waals surface area contributed by atoms with Crippen molar-refractivity contribution in [2.45, 2.75) is 46.2 Å². The van der Waals surface area contributed by atoms with E-state index in [0.717, 1.165) is 41.3 Å². The van der Waals surface area contributed by atoms with E-state index in [4.69, 9.17) is 14.2 Å². The van der Waals surface area contributed by atoms with Crippen LogP contribution in [0.5, 0.6) is 11.5 Å². The maximum atomic E-state index is 13.3. The van der Waals surface area contributed by atoms with E-state index < -0.39 is 0 Å². The molecule has 1 saturated heterocycles. The minimum atomic E-state index is -0.355. The van der Waals surface area contributed by atoms with E-state index >= 15 is 0 Å². The van der Waals surface area contributed by atoms with Crippen LogP contribution in [0.4, 0.5) is 0 Å². The quantitative estimate of drug-likeness (QED) is 0.647. The fraction of sp³-hybridized carbons (Fsp3) is 0.478. The Morgan fingerprint density at radius 2 is 1.90 bits per heavy atom. The van der Waals surface area contributed by atoms with Gasteiger partial charge in [-0.1, -0.05) is 0 Å². The number of aryl methyl sites for hydroxylation is 1. The summed E-state index contributed by atoms with van der Waals surface area (Å²) in [6, 6.07) is 7.46. The highest BCUT2D eigenvalue weighted by molar-refractivity contribution is 5.91. The van der Waals surface area contributed by atoms with Gasteiger partial charge >= 0.3 is 5.97 Å². The van der Waals surface area contributed by atoms with Crippen LogP contribution in [-0.2, 0) is 16.1 Å². The number of amides is 1. The smallest absolute Gasteiger partial charge is 0.339 e. The number of benzene rings is 1. The third-order valence-electron chi connectivity index (χ3n) is 5.74. The number of hydrogen-bond acceptors (Lipinski definition) is 5. The minimum absolute atomic E-state index is 0.0209. The van der Waals surface area contributed by atoms with Gasteiger partial charge in [0.2, 0.25) is 5.91 Å². The molecule has 3 rings (SSSR count). The number of aromatic nitrogens is 1. The highest BCUT2D eigenvalue weighted by Crippen LogP contribution is 2.39. The Bertz CT molecular complexity index is 934. The maximum absolute atomic E-state index is 13.3. The van der Waals surface area contributed by atoms with E-state index in [1.807, 2.05) is 41.5 Å². The zero-order valence-electron chi connectivity index (χ0n) is 18.4. The summed E-state index contributed by atoms with van der Waals surface area (Å²) < 4.78 is 17.9. The molecule has 0 spiro atoms. The van der Waals surface area contributed by atoms with Crippen LogP contribution in [0.3, 0.4) is 0 Å². The lowest BCUT2D eigenvalue weighted by molar-refractivity contribution is -0.132. The number of hydrogen-bond donors (Lipinski definition) is 0. The molecule has 30 heavy (non-hydrogen) atoms. The van der Waals surface area contributed by atoms with Crippen LogP contribution in [0.25, 0.3) is 0 Å². The Morgan fingerprint density at radius 3 is 2.57 bits per heavy atom. The topological polar surface area (TPSA) is 70.0 Å². The molecule has 2 aromatic rings. The standard InChI is InChI=1S/C23H30N2O5/c1-6-30-23(27)19-12-15(2)25(16(19)3)14-22(26)24-11-7-8-20(24)18-10-9-17(28-4)13-21(18)29-5/h9-10,12-13,20H,6-8,11,14H2,1-5H3/t20-/m1/s1. The molecule has 1 atom stereocenters. The van der Waals surface area contributed by atoms with Crippen LogP contribution in [0, 0.1) is 13.8 Å². The van der Waals surface area contributed by atoms with Crippen molar-refractivity contribution in [2.75, 3.05) is 27.4 Å². The third kappa shape index (κ3) is 4.15. The Balaban J connectivity index is 1.83. The van der Waals surface area contributed by atoms with Crippen molar-refractivity contribution in [2.24, 2.45) is 0 Å². The van der Waals surface area contributed by atoms with Gasteiger partial charge < -0.3 is 23.7 Å². The molecule has 1 aliphatic heterocycles. The highest BCUT2D eigenvalue weighted by atomic mass is 16.5. The van der Waals surface area contributed by atoms with Gasteiger partial charge in [0.25, 0.3) is 0 Å². The van der Waals surface area contributed by atoms with Gasteiger partial charge in [-0.3, -0.25) is 4.79 Å². The van der Waals surface area contributed by atoms with Crippen molar-refractivity contribution in [3.05, 3.63) is 46.8 Å². The number of likely N-dealkylation sites (tertiary alicyclic amines) is 1. The molecule has 1 aliphatic rings. The van der Waals surface area contributed by atoms with Crippen molar-refractivity contribution in [3.8, 4) is 11.5 Å². The number of carbonyl (C=O) groups is 2. The van der Waals surface area contributed by atoms with Gasteiger partial charge in [-0.05, 0) is 51.8 Å². The normalized spacial score (nSPS) is 15.9. The monoisotopic (exact) mass is 414 g/mol. The van der Waals surface area contributed by atoms with E-state index in [-0.39, 0.29) is 24.5 Å². The Hall–Kier alpha value is -2.96. The predicted molar refractivity (Wildman–Crippen MR) is 113 cm³/mol. The first-order valence-corrected chi connectivity index (χ1v) is 10.3. The van der Waals surface area contributed by atoms with Gasteiger partial charge in [0.1, 0.15) is 18.0 Å². The summed E-state index contributed by atoms with van der Waals surface area (Å²) in [6.07, 6.45) is 1.81. The van der Waals surface area contributed by atoms with Crippen molar-refractivity contribution >= 4 is 11.9 Å². The summed E-state index contributed by atoms with van der Waals surface area (Å²) in [7, 11) is 3.25. The second-order valence-electron chi connectivity index (χ2n) is 7.44. The first-order valence-electron chi connectivity index (χ1n) is 10.3. The van der Waals surface area contributed by atoms with Gasteiger partial charge in [0, 0.05) is 29.6 Å². The third-order valence-corrected chi connectivity index (χ3v) is 5.74. The summed E-state index contributed by atoms with van der Waals surface area (Å²) in [5.74, 6) is 1.10. The molecule has 1 amide bonds. The summed E-state index contributed by atoms with van der Waals surface area (Å²) in [6.45, 7) is 6.73. The summed E-state index contributed by atoms with van der Waals surface area (Å²) in [4.78, 5) is 27.3. The molecule has 7 heteroatoms. The lowest BCUT2D eigenvalue weighted by atomic mass is 10.0. The number of esters is 1. The zero-order valence-corrected chi connectivity index (χ0v) is 18.4. The summed E-state index contributed by atoms with van der Waals surface area (Å²) in [5, 5.41) is 0. The molecule has 0 aliphatic carbocycles. The van der Waals surface area contributed by atoms with E-state index in [0.29, 0.717) is 18.7 Å². The summed E-state index contributed by atoms with van der Waals surface area (Å²) in [5.41, 5.74) is 3.10. The molecule has 2 heterocycles. The minimum Gasteiger partial charge on any atom is -0.497 e. The SMILES string of the molecule is CCOC(=O)c1cc(C)n(CC(=O)N2CCC[C@@H]2c2ccc(OC)cc2OC)c1C. The molecule has 1 fully saturated rings. The number of ether oxygens (including phenoxy) is 3. The van der Waals surface area contributed by atoms with Crippen LogP contribution < -0.4 is 9.47 Å². The van der Waals surface area contributed by atoms with Crippen molar-refractivity contribution in [3.63, 3.8) is 0 Å².